The van der Waals surface area contributed by atoms with Crippen LogP contribution in [0.25, 0.3) is 0 Å². The molecule has 1 saturated carbocycles. The summed E-state index contributed by atoms with van der Waals surface area (Å²) in [6.07, 6.45) is 13.3. The molecule has 3 N–H and O–H groups in total. The molecule has 41 heavy (non-hydrogen) atoms. The standard InChI is InChI=1S/C33H60N2O6/c1-8-9-10-11-12-13-14-15-16-26(23(2)3)30(38)34-25-19-17-24(18-20-25)27(21-28(36)37)35-31(39)29-32(4,5)22-40-33(6,7)41-29/h23-27,29H,8-22H2,1-7H3,(H,34,38)(H,35,39)(H,36,37). The maximum Gasteiger partial charge on any atom is 0.305 e. The van der Waals surface area contributed by atoms with Crippen LogP contribution in [0.1, 0.15) is 138 Å². The first-order valence-corrected chi connectivity index (χ1v) is 16.4. The molecule has 0 aromatic carbocycles. The monoisotopic (exact) mass is 580 g/mol. The number of carbonyl (C=O) groups excluding carboxylic acids is 2. The lowest BCUT2D eigenvalue weighted by Gasteiger charge is -2.45. The summed E-state index contributed by atoms with van der Waals surface area (Å²) < 4.78 is 11.7. The summed E-state index contributed by atoms with van der Waals surface area (Å²) in [4.78, 5) is 38.3. The second-order valence-electron chi connectivity index (χ2n) is 14.1. The number of carbonyl (C=O) groups is 3. The lowest BCUT2D eigenvalue weighted by Crippen LogP contribution is -2.58. The second-order valence-corrected chi connectivity index (χ2v) is 14.1. The van der Waals surface area contributed by atoms with E-state index in [1.165, 1.54) is 44.9 Å². The summed E-state index contributed by atoms with van der Waals surface area (Å²) in [6, 6.07) is -0.384. The zero-order valence-corrected chi connectivity index (χ0v) is 27.1. The van der Waals surface area contributed by atoms with E-state index in [2.05, 4.69) is 31.4 Å². The van der Waals surface area contributed by atoms with E-state index in [-0.39, 0.29) is 36.1 Å². The van der Waals surface area contributed by atoms with E-state index in [0.717, 1.165) is 38.5 Å². The predicted molar refractivity (Wildman–Crippen MR) is 162 cm³/mol. The van der Waals surface area contributed by atoms with Crippen molar-refractivity contribution in [3.05, 3.63) is 0 Å². The molecular formula is C33H60N2O6. The molecule has 2 aliphatic rings. The number of ether oxygens (including phenoxy) is 2. The zero-order valence-electron chi connectivity index (χ0n) is 27.1. The van der Waals surface area contributed by atoms with Crippen LogP contribution in [0.15, 0.2) is 0 Å². The van der Waals surface area contributed by atoms with Gasteiger partial charge in [-0.25, -0.2) is 0 Å². The van der Waals surface area contributed by atoms with Gasteiger partial charge in [-0.2, -0.15) is 0 Å². The lowest BCUT2D eigenvalue weighted by molar-refractivity contribution is -0.304. The van der Waals surface area contributed by atoms with Crippen LogP contribution >= 0.6 is 0 Å². The molecule has 2 rings (SSSR count). The van der Waals surface area contributed by atoms with Crippen molar-refractivity contribution in [3.63, 3.8) is 0 Å². The number of rotatable bonds is 17. The minimum absolute atomic E-state index is 0.0268. The number of aliphatic carboxylic acids is 1. The predicted octanol–water partition coefficient (Wildman–Crippen LogP) is 6.60. The van der Waals surface area contributed by atoms with E-state index < -0.39 is 29.3 Å². The van der Waals surface area contributed by atoms with Crippen molar-refractivity contribution in [3.8, 4) is 0 Å². The average molecular weight is 581 g/mol. The van der Waals surface area contributed by atoms with Crippen molar-refractivity contribution < 1.29 is 29.0 Å². The molecule has 3 unspecified atom stereocenters. The van der Waals surface area contributed by atoms with Gasteiger partial charge in [-0.15, -0.1) is 0 Å². The Labute approximate surface area is 249 Å². The SMILES string of the molecule is CCCCCCCCCCC(C(=O)NC1CCC(C(CC(=O)O)NC(=O)C2OC(C)(C)OCC2(C)C)CC1)C(C)C. The Morgan fingerprint density at radius 3 is 2.05 bits per heavy atom. The van der Waals surface area contributed by atoms with E-state index in [1.54, 1.807) is 13.8 Å². The van der Waals surface area contributed by atoms with Crippen LogP contribution in [0, 0.1) is 23.2 Å². The number of amides is 2. The van der Waals surface area contributed by atoms with Crippen LogP contribution in [0.2, 0.25) is 0 Å². The summed E-state index contributed by atoms with van der Waals surface area (Å²) in [7, 11) is 0. The highest BCUT2D eigenvalue weighted by molar-refractivity contribution is 5.83. The third kappa shape index (κ3) is 12.2. The number of unbranched alkanes of at least 4 members (excludes halogenated alkanes) is 7. The molecule has 0 radical (unpaired) electrons. The first kappa shape index (κ1) is 35.5. The molecular weight excluding hydrogens is 520 g/mol. The minimum Gasteiger partial charge on any atom is -0.481 e. The average Bonchev–Trinajstić information content (AvgIpc) is 2.89. The molecule has 8 heteroatoms. The molecule has 2 amide bonds. The molecule has 0 spiro atoms. The Balaban J connectivity index is 1.86. The van der Waals surface area contributed by atoms with E-state index >= 15 is 0 Å². The Morgan fingerprint density at radius 1 is 0.902 bits per heavy atom. The third-order valence-electron chi connectivity index (χ3n) is 9.06. The Bertz CT molecular complexity index is 819. The van der Waals surface area contributed by atoms with Gasteiger partial charge in [-0.05, 0) is 57.8 Å². The molecule has 1 aliphatic heterocycles. The largest absolute Gasteiger partial charge is 0.481 e. The molecule has 0 bridgehead atoms. The number of hydrogen-bond donors (Lipinski definition) is 3. The first-order chi connectivity index (χ1) is 19.3. The van der Waals surface area contributed by atoms with E-state index in [4.69, 9.17) is 9.47 Å². The van der Waals surface area contributed by atoms with E-state index in [0.29, 0.717) is 12.5 Å². The van der Waals surface area contributed by atoms with E-state index in [1.807, 2.05) is 13.8 Å². The lowest BCUT2D eigenvalue weighted by atomic mass is 9.79. The molecule has 3 atom stereocenters. The molecule has 1 aliphatic carbocycles. The Kier molecular flexibility index (Phi) is 14.6. The highest BCUT2D eigenvalue weighted by Gasteiger charge is 2.46. The molecule has 1 saturated heterocycles. The highest BCUT2D eigenvalue weighted by atomic mass is 16.7. The van der Waals surface area contributed by atoms with Gasteiger partial charge in [-0.1, -0.05) is 86.0 Å². The van der Waals surface area contributed by atoms with Crippen molar-refractivity contribution in [1.29, 1.82) is 0 Å². The highest BCUT2D eigenvalue weighted by Crippen LogP contribution is 2.36. The minimum atomic E-state index is -0.932. The van der Waals surface area contributed by atoms with Crippen molar-refractivity contribution in [2.45, 2.75) is 162 Å². The fraction of sp³-hybridized carbons (Fsp3) is 0.909. The summed E-state index contributed by atoms with van der Waals surface area (Å²) in [5.74, 6) is -1.57. The van der Waals surface area contributed by atoms with E-state index in [9.17, 15) is 19.5 Å². The number of hydrogen-bond acceptors (Lipinski definition) is 5. The molecule has 8 nitrogen and oxygen atoms in total. The van der Waals surface area contributed by atoms with Crippen LogP contribution in [-0.4, -0.2) is 53.5 Å². The second kappa shape index (κ2) is 16.8. The molecule has 0 aromatic rings. The van der Waals surface area contributed by atoms with Gasteiger partial charge in [0.2, 0.25) is 11.8 Å². The zero-order chi connectivity index (χ0) is 30.6. The van der Waals surface area contributed by atoms with Gasteiger partial charge in [-0.3, -0.25) is 14.4 Å². The number of nitrogens with one attached hydrogen (secondary N) is 2. The molecule has 0 aromatic heterocycles. The van der Waals surface area contributed by atoms with Crippen molar-refractivity contribution in [1.82, 2.24) is 10.6 Å². The number of carboxylic acids is 1. The summed E-state index contributed by atoms with van der Waals surface area (Å²) in [6.45, 7) is 14.3. The Morgan fingerprint density at radius 2 is 1.49 bits per heavy atom. The fourth-order valence-corrected chi connectivity index (χ4v) is 6.34. The maximum absolute atomic E-state index is 13.3. The van der Waals surface area contributed by atoms with Gasteiger partial charge in [0.15, 0.2) is 5.79 Å². The van der Waals surface area contributed by atoms with Gasteiger partial charge >= 0.3 is 5.97 Å². The quantitative estimate of drug-likeness (QED) is 0.167. The number of carboxylic acid groups (broad SMARTS) is 1. The van der Waals surface area contributed by atoms with Gasteiger partial charge in [0.05, 0.1) is 13.0 Å². The van der Waals surface area contributed by atoms with Crippen molar-refractivity contribution in [2.75, 3.05) is 6.61 Å². The maximum atomic E-state index is 13.3. The van der Waals surface area contributed by atoms with Crippen LogP contribution in [0.3, 0.4) is 0 Å². The summed E-state index contributed by atoms with van der Waals surface area (Å²) in [5, 5.41) is 15.9. The Hall–Kier alpha value is -1.67. The molecule has 1 heterocycles. The van der Waals surface area contributed by atoms with Crippen molar-refractivity contribution >= 4 is 17.8 Å². The molecule has 2 fully saturated rings. The van der Waals surface area contributed by atoms with Gasteiger partial charge < -0.3 is 25.2 Å². The van der Waals surface area contributed by atoms with Gasteiger partial charge in [0.1, 0.15) is 6.10 Å². The third-order valence-corrected chi connectivity index (χ3v) is 9.06. The van der Waals surface area contributed by atoms with Crippen LogP contribution in [0.5, 0.6) is 0 Å². The van der Waals surface area contributed by atoms with Gasteiger partial charge in [0, 0.05) is 23.4 Å². The first-order valence-electron chi connectivity index (χ1n) is 16.4. The van der Waals surface area contributed by atoms with Crippen LogP contribution in [0.4, 0.5) is 0 Å². The topological polar surface area (TPSA) is 114 Å². The van der Waals surface area contributed by atoms with Crippen LogP contribution in [-0.2, 0) is 23.9 Å². The normalized spacial score (nSPS) is 25.3. The van der Waals surface area contributed by atoms with Crippen molar-refractivity contribution in [2.24, 2.45) is 23.2 Å². The van der Waals surface area contributed by atoms with Crippen LogP contribution < -0.4 is 10.6 Å². The fourth-order valence-electron chi connectivity index (χ4n) is 6.34. The smallest absolute Gasteiger partial charge is 0.305 e. The summed E-state index contributed by atoms with van der Waals surface area (Å²) in [5.41, 5.74) is -0.531. The van der Waals surface area contributed by atoms with Gasteiger partial charge in [0.25, 0.3) is 0 Å². The molecule has 238 valence electrons. The summed E-state index contributed by atoms with van der Waals surface area (Å²) >= 11 is 0.